The SMILES string of the molecule is COc1ccc(SCC(=O)Nc2nc(-c3ccc(C(C)C)cc3)cs2)cc1. The largest absolute Gasteiger partial charge is 0.497 e. The van der Waals surface area contributed by atoms with Gasteiger partial charge in [0.05, 0.1) is 18.6 Å². The molecule has 0 bridgehead atoms. The Morgan fingerprint density at radius 2 is 1.85 bits per heavy atom. The lowest BCUT2D eigenvalue weighted by Gasteiger charge is -2.05. The summed E-state index contributed by atoms with van der Waals surface area (Å²) in [6.07, 6.45) is 0. The Kier molecular flexibility index (Phi) is 6.53. The first-order valence-electron chi connectivity index (χ1n) is 8.67. The van der Waals surface area contributed by atoms with E-state index in [1.807, 2.05) is 29.6 Å². The maximum atomic E-state index is 12.2. The average molecular weight is 399 g/mol. The molecule has 3 aromatic rings. The number of thiazole rings is 1. The van der Waals surface area contributed by atoms with Gasteiger partial charge in [0.15, 0.2) is 5.13 Å². The summed E-state index contributed by atoms with van der Waals surface area (Å²) in [5, 5.41) is 5.47. The lowest BCUT2D eigenvalue weighted by atomic mass is 10.0. The van der Waals surface area contributed by atoms with Gasteiger partial charge >= 0.3 is 0 Å². The smallest absolute Gasteiger partial charge is 0.236 e. The molecule has 4 nitrogen and oxygen atoms in total. The summed E-state index contributed by atoms with van der Waals surface area (Å²) >= 11 is 2.92. The number of ether oxygens (including phenoxy) is 1. The van der Waals surface area contributed by atoms with Crippen LogP contribution in [0.2, 0.25) is 0 Å². The summed E-state index contributed by atoms with van der Waals surface area (Å²) in [6.45, 7) is 4.35. The number of methoxy groups -OCH3 is 1. The quantitative estimate of drug-likeness (QED) is 0.521. The average Bonchev–Trinajstić information content (AvgIpc) is 3.15. The molecule has 1 N–H and O–H groups in total. The Hall–Kier alpha value is -2.31. The fourth-order valence-electron chi connectivity index (χ4n) is 2.48. The summed E-state index contributed by atoms with van der Waals surface area (Å²) < 4.78 is 5.14. The van der Waals surface area contributed by atoms with Crippen LogP contribution in [-0.4, -0.2) is 23.8 Å². The van der Waals surface area contributed by atoms with E-state index in [2.05, 4.69) is 48.4 Å². The van der Waals surface area contributed by atoms with Gasteiger partial charge in [0.2, 0.25) is 5.91 Å². The third kappa shape index (κ3) is 5.34. The molecule has 0 unspecified atom stereocenters. The van der Waals surface area contributed by atoms with Gasteiger partial charge in [-0.25, -0.2) is 4.98 Å². The fraction of sp³-hybridized carbons (Fsp3) is 0.238. The van der Waals surface area contributed by atoms with Crippen LogP contribution in [-0.2, 0) is 4.79 Å². The van der Waals surface area contributed by atoms with Crippen LogP contribution in [0.25, 0.3) is 11.3 Å². The van der Waals surface area contributed by atoms with Gasteiger partial charge in [-0.15, -0.1) is 23.1 Å². The Labute approximate surface area is 168 Å². The van der Waals surface area contributed by atoms with Gasteiger partial charge in [-0.1, -0.05) is 38.1 Å². The Morgan fingerprint density at radius 1 is 1.15 bits per heavy atom. The number of benzene rings is 2. The predicted octanol–water partition coefficient (Wildman–Crippen LogP) is 5.67. The lowest BCUT2D eigenvalue weighted by Crippen LogP contribution is -2.13. The number of rotatable bonds is 7. The Balaban J connectivity index is 1.55. The molecule has 0 aliphatic rings. The molecule has 0 spiro atoms. The van der Waals surface area contributed by atoms with Crippen LogP contribution in [0.4, 0.5) is 5.13 Å². The molecule has 0 atom stereocenters. The van der Waals surface area contributed by atoms with E-state index in [1.165, 1.54) is 28.7 Å². The molecule has 1 aromatic heterocycles. The highest BCUT2D eigenvalue weighted by atomic mass is 32.2. The van der Waals surface area contributed by atoms with E-state index >= 15 is 0 Å². The molecule has 2 aromatic carbocycles. The fourth-order valence-corrected chi connectivity index (χ4v) is 3.91. The van der Waals surface area contributed by atoms with Gasteiger partial charge in [-0.3, -0.25) is 4.79 Å². The van der Waals surface area contributed by atoms with E-state index in [9.17, 15) is 4.79 Å². The molecule has 0 aliphatic carbocycles. The van der Waals surface area contributed by atoms with Gasteiger partial charge in [-0.05, 0) is 35.7 Å². The Bertz CT molecular complexity index is 887. The number of carbonyl (C=O) groups excluding carboxylic acids is 1. The van der Waals surface area contributed by atoms with Crippen LogP contribution in [0, 0.1) is 0 Å². The minimum absolute atomic E-state index is 0.0631. The van der Waals surface area contributed by atoms with Crippen molar-refractivity contribution in [1.29, 1.82) is 0 Å². The van der Waals surface area contributed by atoms with Crippen molar-refractivity contribution in [2.75, 3.05) is 18.2 Å². The number of amides is 1. The maximum Gasteiger partial charge on any atom is 0.236 e. The van der Waals surface area contributed by atoms with Crippen molar-refractivity contribution >= 4 is 34.1 Å². The Morgan fingerprint density at radius 3 is 2.48 bits per heavy atom. The zero-order valence-electron chi connectivity index (χ0n) is 15.6. The molecule has 0 fully saturated rings. The first kappa shape index (κ1) is 19.5. The molecular weight excluding hydrogens is 376 g/mol. The van der Waals surface area contributed by atoms with Gasteiger partial charge in [0.1, 0.15) is 5.75 Å². The zero-order valence-corrected chi connectivity index (χ0v) is 17.2. The molecule has 27 heavy (non-hydrogen) atoms. The van der Waals surface area contributed by atoms with Crippen LogP contribution in [0.3, 0.4) is 0 Å². The monoisotopic (exact) mass is 398 g/mol. The molecule has 1 amide bonds. The normalized spacial score (nSPS) is 10.8. The molecule has 140 valence electrons. The molecule has 6 heteroatoms. The number of aromatic nitrogens is 1. The summed E-state index contributed by atoms with van der Waals surface area (Å²) in [4.78, 5) is 17.7. The maximum absolute atomic E-state index is 12.2. The first-order valence-corrected chi connectivity index (χ1v) is 10.5. The molecule has 0 aliphatic heterocycles. The zero-order chi connectivity index (χ0) is 19.2. The molecule has 0 saturated carbocycles. The van der Waals surface area contributed by atoms with Gasteiger partial charge in [0.25, 0.3) is 0 Å². The summed E-state index contributed by atoms with van der Waals surface area (Å²) in [6, 6.07) is 16.1. The van der Waals surface area contributed by atoms with Crippen molar-refractivity contribution in [3.63, 3.8) is 0 Å². The van der Waals surface area contributed by atoms with Crippen molar-refractivity contribution in [2.24, 2.45) is 0 Å². The van der Waals surface area contributed by atoms with Gasteiger partial charge < -0.3 is 10.1 Å². The van der Waals surface area contributed by atoms with Crippen LogP contribution < -0.4 is 10.1 Å². The van der Waals surface area contributed by atoms with Gasteiger partial charge in [0, 0.05) is 15.8 Å². The van der Waals surface area contributed by atoms with E-state index in [4.69, 9.17) is 4.74 Å². The molecule has 0 radical (unpaired) electrons. The minimum Gasteiger partial charge on any atom is -0.497 e. The van der Waals surface area contributed by atoms with Crippen molar-refractivity contribution < 1.29 is 9.53 Å². The number of hydrogen-bond donors (Lipinski definition) is 1. The van der Waals surface area contributed by atoms with E-state index < -0.39 is 0 Å². The number of thioether (sulfide) groups is 1. The summed E-state index contributed by atoms with van der Waals surface area (Å²) in [5.41, 5.74) is 3.25. The van der Waals surface area contributed by atoms with E-state index in [-0.39, 0.29) is 5.91 Å². The number of nitrogens with zero attached hydrogens (tertiary/aromatic N) is 1. The second-order valence-electron chi connectivity index (χ2n) is 6.33. The first-order chi connectivity index (χ1) is 13.0. The number of hydrogen-bond acceptors (Lipinski definition) is 5. The van der Waals surface area contributed by atoms with Gasteiger partial charge in [-0.2, -0.15) is 0 Å². The van der Waals surface area contributed by atoms with E-state index in [0.717, 1.165) is 21.9 Å². The standard InChI is InChI=1S/C21H22N2O2S2/c1-14(2)15-4-6-16(7-5-15)19-12-27-21(22-19)23-20(24)13-26-18-10-8-17(25-3)9-11-18/h4-12,14H,13H2,1-3H3,(H,22,23,24). The highest BCUT2D eigenvalue weighted by Gasteiger charge is 2.09. The van der Waals surface area contributed by atoms with Crippen LogP contribution in [0.1, 0.15) is 25.3 Å². The summed E-state index contributed by atoms with van der Waals surface area (Å²) in [7, 11) is 1.64. The number of carbonyl (C=O) groups is 1. The second-order valence-corrected chi connectivity index (χ2v) is 8.23. The third-order valence-corrected chi connectivity index (χ3v) is 5.82. The third-order valence-electron chi connectivity index (χ3n) is 4.05. The topological polar surface area (TPSA) is 51.2 Å². The van der Waals surface area contributed by atoms with E-state index in [1.54, 1.807) is 7.11 Å². The highest BCUT2D eigenvalue weighted by molar-refractivity contribution is 8.00. The summed E-state index contributed by atoms with van der Waals surface area (Å²) in [5.74, 6) is 1.59. The molecule has 0 saturated heterocycles. The predicted molar refractivity (Wildman–Crippen MR) is 114 cm³/mol. The number of anilines is 1. The second kappa shape index (κ2) is 9.06. The van der Waals surface area contributed by atoms with E-state index in [0.29, 0.717) is 16.8 Å². The minimum atomic E-state index is -0.0631. The van der Waals surface area contributed by atoms with Crippen molar-refractivity contribution in [3.05, 3.63) is 59.5 Å². The highest BCUT2D eigenvalue weighted by Crippen LogP contribution is 2.27. The van der Waals surface area contributed by atoms with Crippen LogP contribution in [0.5, 0.6) is 5.75 Å². The number of nitrogens with one attached hydrogen (secondary N) is 1. The molecular formula is C21H22N2O2S2. The van der Waals surface area contributed by atoms with Crippen LogP contribution in [0.15, 0.2) is 58.8 Å². The van der Waals surface area contributed by atoms with Crippen molar-refractivity contribution in [1.82, 2.24) is 4.98 Å². The van der Waals surface area contributed by atoms with Crippen molar-refractivity contribution in [3.8, 4) is 17.0 Å². The van der Waals surface area contributed by atoms with Crippen LogP contribution >= 0.6 is 23.1 Å². The van der Waals surface area contributed by atoms with Crippen molar-refractivity contribution in [2.45, 2.75) is 24.7 Å². The lowest BCUT2D eigenvalue weighted by molar-refractivity contribution is -0.113. The molecule has 1 heterocycles. The molecule has 3 rings (SSSR count).